The summed E-state index contributed by atoms with van der Waals surface area (Å²) in [5, 5.41) is 11.6. The number of hydrogen-bond donors (Lipinski definition) is 3. The van der Waals surface area contributed by atoms with Crippen LogP contribution in [0.3, 0.4) is 0 Å². The van der Waals surface area contributed by atoms with Crippen molar-refractivity contribution in [2.24, 2.45) is 5.92 Å². The van der Waals surface area contributed by atoms with Gasteiger partial charge in [0.15, 0.2) is 0 Å². The Morgan fingerprint density at radius 2 is 1.89 bits per heavy atom. The first-order chi connectivity index (χ1) is 18.0. The second-order valence-corrected chi connectivity index (χ2v) is 11.6. The molecule has 0 spiro atoms. The van der Waals surface area contributed by atoms with E-state index in [1.165, 1.54) is 6.07 Å². The molecule has 184 valence electrons. The highest BCUT2D eigenvalue weighted by molar-refractivity contribution is 14.2. The number of allylic oxidation sites excluding steroid dienone is 1. The lowest BCUT2D eigenvalue weighted by Crippen LogP contribution is -2.17. The van der Waals surface area contributed by atoms with Crippen molar-refractivity contribution in [3.05, 3.63) is 93.7 Å². The first-order valence-electron chi connectivity index (χ1n) is 11.9. The van der Waals surface area contributed by atoms with Crippen LogP contribution in [0.15, 0.2) is 73.1 Å². The third-order valence-corrected chi connectivity index (χ3v) is 8.50. The van der Waals surface area contributed by atoms with Gasteiger partial charge in [0.25, 0.3) is 0 Å². The number of H-pyrrole nitrogens is 2. The molecule has 0 atom stereocenters. The van der Waals surface area contributed by atoms with Crippen molar-refractivity contribution in [3.63, 3.8) is 0 Å². The second-order valence-electron chi connectivity index (χ2n) is 9.14. The quantitative estimate of drug-likeness (QED) is 0.195. The number of aromatic amines is 2. The smallest absolute Gasteiger partial charge is 0.226 e. The number of hydrogen-bond acceptors (Lipinski definition) is 3. The molecule has 3 N–H and O–H groups in total. The van der Waals surface area contributed by atoms with Gasteiger partial charge in [0.1, 0.15) is 11.5 Å². The SMILES string of the molecule is CC(C)C(=O)Nc1cncc(-c2ccc3[nH]nc(-c4cc5c([nH]4)I=CC=C5c4ccccc4F)c3c2)c1. The Kier molecular flexibility index (Phi) is 6.03. The predicted octanol–water partition coefficient (Wildman–Crippen LogP) is 6.74. The summed E-state index contributed by atoms with van der Waals surface area (Å²) < 4.78 is 17.9. The largest absolute Gasteiger partial charge is 0.348 e. The summed E-state index contributed by atoms with van der Waals surface area (Å²) in [6.45, 7) is 3.71. The summed E-state index contributed by atoms with van der Waals surface area (Å²) in [5.41, 5.74) is 7.64. The van der Waals surface area contributed by atoms with E-state index < -0.39 is 0 Å². The molecule has 0 saturated heterocycles. The number of halogens is 2. The van der Waals surface area contributed by atoms with E-state index in [1.807, 2.05) is 50.3 Å². The number of anilines is 1. The third kappa shape index (κ3) is 4.42. The van der Waals surface area contributed by atoms with Gasteiger partial charge in [-0.3, -0.25) is 14.9 Å². The Morgan fingerprint density at radius 1 is 1.03 bits per heavy atom. The molecular formula is C29H23FIN5O. The first kappa shape index (κ1) is 23.5. The molecule has 37 heavy (non-hydrogen) atoms. The number of fused-ring (bicyclic) bond motifs is 2. The maximum absolute atomic E-state index is 14.6. The van der Waals surface area contributed by atoms with Crippen molar-refractivity contribution < 1.29 is 9.18 Å². The van der Waals surface area contributed by atoms with Crippen LogP contribution in [-0.2, 0) is 4.79 Å². The van der Waals surface area contributed by atoms with Crippen molar-refractivity contribution in [2.75, 3.05) is 5.32 Å². The van der Waals surface area contributed by atoms with E-state index in [2.05, 4.69) is 41.6 Å². The summed E-state index contributed by atoms with van der Waals surface area (Å²) in [4.78, 5) is 20.0. The highest BCUT2D eigenvalue weighted by Gasteiger charge is 2.20. The molecule has 0 aliphatic carbocycles. The standard InChI is InChI=1S/C29H23FIN5O/c1-16(2)29(37)33-19-11-18(14-32-15-19)17-7-8-25-23(12-17)27(36-35-25)26-13-22-20(9-10-31-28(22)34-26)21-5-3-4-6-24(21)30/h3-16,34H,1-2H3,(H,33,37)(H,35,36). The van der Waals surface area contributed by atoms with Crippen molar-refractivity contribution >= 4 is 52.8 Å². The van der Waals surface area contributed by atoms with Gasteiger partial charge < -0.3 is 10.3 Å². The lowest BCUT2D eigenvalue weighted by molar-refractivity contribution is -0.118. The minimum Gasteiger partial charge on any atom is -0.348 e. The maximum atomic E-state index is 14.6. The summed E-state index contributed by atoms with van der Waals surface area (Å²) in [6.07, 6.45) is 5.46. The average Bonchev–Trinajstić information content (AvgIpc) is 3.53. The van der Waals surface area contributed by atoms with Gasteiger partial charge in [0.05, 0.1) is 26.8 Å². The van der Waals surface area contributed by atoms with Crippen molar-refractivity contribution in [3.8, 4) is 22.5 Å². The molecule has 1 aliphatic rings. The van der Waals surface area contributed by atoms with Crippen LogP contribution in [0.1, 0.15) is 25.0 Å². The van der Waals surface area contributed by atoms with Gasteiger partial charge in [0.2, 0.25) is 5.91 Å². The first-order valence-corrected chi connectivity index (χ1v) is 14.2. The number of carbonyl (C=O) groups excluding carboxylic acids is 1. The Hall–Kier alpha value is -3.92. The van der Waals surface area contributed by atoms with Crippen LogP contribution in [0.2, 0.25) is 0 Å². The molecule has 5 aromatic rings. The lowest BCUT2D eigenvalue weighted by Gasteiger charge is -2.10. The number of rotatable bonds is 5. The topological polar surface area (TPSA) is 86.5 Å². The summed E-state index contributed by atoms with van der Waals surface area (Å²) >= 11 is -0.354. The highest BCUT2D eigenvalue weighted by atomic mass is 127. The van der Waals surface area contributed by atoms with E-state index >= 15 is 0 Å². The minimum absolute atomic E-state index is 0.0499. The molecule has 1 aliphatic heterocycles. The van der Waals surface area contributed by atoms with E-state index in [4.69, 9.17) is 0 Å². The molecule has 0 saturated carbocycles. The predicted molar refractivity (Wildman–Crippen MR) is 155 cm³/mol. The number of aromatic nitrogens is 4. The van der Waals surface area contributed by atoms with Gasteiger partial charge in [0, 0.05) is 34.2 Å². The average molecular weight is 603 g/mol. The second kappa shape index (κ2) is 9.51. The summed E-state index contributed by atoms with van der Waals surface area (Å²) in [6, 6.07) is 17.0. The fourth-order valence-electron chi connectivity index (χ4n) is 4.35. The number of nitrogens with zero attached hydrogens (tertiary/aromatic N) is 2. The van der Waals surface area contributed by atoms with Gasteiger partial charge in [-0.05, 0) is 51.6 Å². The number of amides is 1. The molecule has 8 heteroatoms. The van der Waals surface area contributed by atoms with Gasteiger partial charge in [-0.1, -0.05) is 58.8 Å². The van der Waals surface area contributed by atoms with E-state index in [-0.39, 0.29) is 38.4 Å². The van der Waals surface area contributed by atoms with Crippen LogP contribution in [0.4, 0.5) is 10.1 Å². The molecule has 0 bridgehead atoms. The number of pyridine rings is 1. The zero-order valence-electron chi connectivity index (χ0n) is 20.1. The zero-order chi connectivity index (χ0) is 25.5. The molecule has 0 unspecified atom stereocenters. The van der Waals surface area contributed by atoms with Gasteiger partial charge >= 0.3 is 0 Å². The molecule has 3 aromatic heterocycles. The van der Waals surface area contributed by atoms with Crippen LogP contribution in [-0.4, -0.2) is 30.1 Å². The fraction of sp³-hybridized carbons (Fsp3) is 0.103. The van der Waals surface area contributed by atoms with Gasteiger partial charge in [-0.25, -0.2) is 4.39 Å². The monoisotopic (exact) mass is 603 g/mol. The van der Waals surface area contributed by atoms with Crippen LogP contribution >= 0.6 is 20.7 Å². The summed E-state index contributed by atoms with van der Waals surface area (Å²) in [5.74, 6) is -0.397. The van der Waals surface area contributed by atoms with E-state index in [0.29, 0.717) is 11.3 Å². The minimum atomic E-state index is -0.354. The Labute approximate surface area is 222 Å². The van der Waals surface area contributed by atoms with Crippen LogP contribution in [0.5, 0.6) is 0 Å². The van der Waals surface area contributed by atoms with E-state index in [9.17, 15) is 9.18 Å². The number of carbonyl (C=O) groups is 1. The number of benzene rings is 2. The van der Waals surface area contributed by atoms with E-state index in [0.717, 1.165) is 48.3 Å². The highest BCUT2D eigenvalue weighted by Crippen LogP contribution is 2.38. The van der Waals surface area contributed by atoms with Gasteiger partial charge in [-0.2, -0.15) is 5.10 Å². The molecule has 0 radical (unpaired) electrons. The zero-order valence-corrected chi connectivity index (χ0v) is 22.3. The Balaban J connectivity index is 1.39. The molecule has 6 nitrogen and oxygen atoms in total. The number of nitrogens with one attached hydrogen (secondary N) is 3. The van der Waals surface area contributed by atoms with Crippen LogP contribution < -0.4 is 5.32 Å². The Bertz CT molecular complexity index is 1730. The Morgan fingerprint density at radius 3 is 2.73 bits per heavy atom. The molecule has 1 amide bonds. The maximum Gasteiger partial charge on any atom is 0.226 e. The third-order valence-electron chi connectivity index (χ3n) is 6.31. The van der Waals surface area contributed by atoms with Crippen LogP contribution in [0.25, 0.3) is 39.0 Å². The molecular weight excluding hydrogens is 580 g/mol. The molecule has 2 aromatic carbocycles. The fourth-order valence-corrected chi connectivity index (χ4v) is 6.48. The summed E-state index contributed by atoms with van der Waals surface area (Å²) in [7, 11) is 0. The van der Waals surface area contributed by atoms with Crippen LogP contribution in [0, 0.1) is 15.4 Å². The molecule has 0 fully saturated rings. The van der Waals surface area contributed by atoms with Crippen molar-refractivity contribution in [1.29, 1.82) is 0 Å². The van der Waals surface area contributed by atoms with E-state index in [1.54, 1.807) is 18.5 Å². The van der Waals surface area contributed by atoms with Crippen molar-refractivity contribution in [1.82, 2.24) is 20.2 Å². The lowest BCUT2D eigenvalue weighted by atomic mass is 9.99. The normalized spacial score (nSPS) is 12.8. The van der Waals surface area contributed by atoms with Gasteiger partial charge in [-0.15, -0.1) is 0 Å². The molecule has 4 heterocycles. The van der Waals surface area contributed by atoms with Crippen molar-refractivity contribution in [2.45, 2.75) is 13.8 Å². The molecule has 6 rings (SSSR count).